The Labute approximate surface area is 220 Å². The molecular formula is C28H34BrN5O2. The maximum Gasteiger partial charge on any atom is 0.295 e. The number of anilines is 1. The summed E-state index contributed by atoms with van der Waals surface area (Å²) in [4.78, 5) is 17.2. The van der Waals surface area contributed by atoms with E-state index in [1.807, 2.05) is 53.9 Å². The molecule has 5 rings (SSSR count). The van der Waals surface area contributed by atoms with E-state index in [9.17, 15) is 9.90 Å². The number of rotatable bonds is 5. The minimum absolute atomic E-state index is 0.0356. The van der Waals surface area contributed by atoms with Crippen LogP contribution >= 0.6 is 15.9 Å². The van der Waals surface area contributed by atoms with Gasteiger partial charge in [0.25, 0.3) is 5.91 Å². The predicted molar refractivity (Wildman–Crippen MR) is 147 cm³/mol. The number of likely N-dealkylation sites (tertiary alicyclic amines) is 1. The van der Waals surface area contributed by atoms with Gasteiger partial charge in [0.15, 0.2) is 5.69 Å². The minimum atomic E-state index is -0.445. The molecule has 1 aromatic heterocycles. The molecule has 7 nitrogen and oxygen atoms in total. The molecule has 8 heteroatoms. The summed E-state index contributed by atoms with van der Waals surface area (Å²) < 4.78 is 2.78. The van der Waals surface area contributed by atoms with Crippen LogP contribution in [0.2, 0.25) is 0 Å². The molecule has 2 aliphatic rings. The van der Waals surface area contributed by atoms with Crippen LogP contribution in [0.3, 0.4) is 0 Å². The summed E-state index contributed by atoms with van der Waals surface area (Å²) in [6.07, 6.45) is 3.56. The molecule has 1 amide bonds. The van der Waals surface area contributed by atoms with Crippen LogP contribution in [0.15, 0.2) is 57.2 Å². The van der Waals surface area contributed by atoms with Crippen molar-refractivity contribution in [3.63, 3.8) is 0 Å². The van der Waals surface area contributed by atoms with E-state index in [1.165, 1.54) is 12.8 Å². The molecule has 2 bridgehead atoms. The molecule has 2 fully saturated rings. The largest absolute Gasteiger partial charge is 0.493 e. The molecule has 190 valence electrons. The summed E-state index contributed by atoms with van der Waals surface area (Å²) in [5.41, 5.74) is 3.26. The number of halogens is 1. The molecule has 2 aromatic carbocycles. The van der Waals surface area contributed by atoms with Crippen LogP contribution in [0.4, 0.5) is 11.4 Å². The van der Waals surface area contributed by atoms with E-state index in [4.69, 9.17) is 0 Å². The van der Waals surface area contributed by atoms with Gasteiger partial charge in [-0.1, -0.05) is 36.7 Å². The molecule has 3 aromatic rings. The van der Waals surface area contributed by atoms with Crippen molar-refractivity contribution in [1.29, 1.82) is 0 Å². The van der Waals surface area contributed by atoms with Crippen molar-refractivity contribution >= 4 is 44.1 Å². The van der Waals surface area contributed by atoms with Gasteiger partial charge in [-0.15, -0.1) is 10.2 Å². The number of amides is 1. The Bertz CT molecular complexity index is 1340. The van der Waals surface area contributed by atoms with Crippen molar-refractivity contribution in [2.75, 3.05) is 25.5 Å². The van der Waals surface area contributed by atoms with E-state index < -0.39 is 5.91 Å². The highest BCUT2D eigenvalue weighted by Crippen LogP contribution is 2.53. The quantitative estimate of drug-likeness (QED) is 0.348. The van der Waals surface area contributed by atoms with E-state index >= 15 is 0 Å². The molecule has 0 radical (unpaired) electrons. The molecule has 36 heavy (non-hydrogen) atoms. The normalized spacial score (nSPS) is 23.6. The Kier molecular flexibility index (Phi) is 6.24. The number of hydrogen-bond donors (Lipinski definition) is 1. The highest BCUT2D eigenvalue weighted by molar-refractivity contribution is 9.10. The van der Waals surface area contributed by atoms with Crippen LogP contribution < -0.4 is 4.90 Å². The number of nitrogens with zero attached hydrogens (tertiary/aromatic N) is 5. The summed E-state index contributed by atoms with van der Waals surface area (Å²) in [5.74, 6) is -0.410. The van der Waals surface area contributed by atoms with E-state index in [1.54, 1.807) is 12.1 Å². The van der Waals surface area contributed by atoms with Gasteiger partial charge in [-0.05, 0) is 72.6 Å². The van der Waals surface area contributed by atoms with Gasteiger partial charge in [0.2, 0.25) is 5.88 Å². The number of aromatic nitrogens is 1. The Morgan fingerprint density at radius 3 is 2.56 bits per heavy atom. The van der Waals surface area contributed by atoms with Gasteiger partial charge >= 0.3 is 0 Å². The fraction of sp³-hybridized carbons (Fsp3) is 0.464. The molecule has 0 spiro atoms. The van der Waals surface area contributed by atoms with Crippen molar-refractivity contribution in [3.05, 3.63) is 52.5 Å². The SMILES string of the molecule is CN(C)c1ccc(C(=O)N=Nc2c(O)n(CN3CC4(C)CC3CC(C)(C)C4)c3ccc(Br)cc23)cc1. The summed E-state index contributed by atoms with van der Waals surface area (Å²) in [6, 6.07) is 13.6. The lowest BCUT2D eigenvalue weighted by Gasteiger charge is -2.40. The third kappa shape index (κ3) is 4.68. The van der Waals surface area contributed by atoms with E-state index in [0.29, 0.717) is 34.8 Å². The minimum Gasteiger partial charge on any atom is -0.493 e. The zero-order chi connectivity index (χ0) is 25.8. The lowest BCUT2D eigenvalue weighted by Crippen LogP contribution is -2.35. The number of carbonyl (C=O) groups is 1. The van der Waals surface area contributed by atoms with Gasteiger partial charge in [-0.2, -0.15) is 0 Å². The standard InChI is InChI=1S/C28H34BrN5O2/c1-27(2)13-21-14-28(3,15-27)16-33(21)17-34-23-11-8-19(29)12-22(23)24(26(34)36)30-31-25(35)18-6-9-20(10-7-18)32(4)5/h6-12,21,36H,13-17H2,1-5H3. The lowest BCUT2D eigenvalue weighted by atomic mass is 9.65. The second-order valence-electron chi connectivity index (χ2n) is 11.8. The molecule has 1 saturated carbocycles. The second kappa shape index (κ2) is 8.99. The Morgan fingerprint density at radius 1 is 1.14 bits per heavy atom. The van der Waals surface area contributed by atoms with E-state index in [2.05, 4.69) is 51.8 Å². The monoisotopic (exact) mass is 551 g/mol. The van der Waals surface area contributed by atoms with E-state index in [-0.39, 0.29) is 5.88 Å². The first-order valence-corrected chi connectivity index (χ1v) is 13.2. The van der Waals surface area contributed by atoms with Crippen LogP contribution in [0.1, 0.15) is 50.4 Å². The van der Waals surface area contributed by atoms with Crippen molar-refractivity contribution in [2.45, 2.75) is 52.7 Å². The summed E-state index contributed by atoms with van der Waals surface area (Å²) in [6.45, 7) is 8.71. The van der Waals surface area contributed by atoms with Gasteiger partial charge in [0, 0.05) is 47.8 Å². The van der Waals surface area contributed by atoms with E-state index in [0.717, 1.165) is 34.0 Å². The van der Waals surface area contributed by atoms with Gasteiger partial charge in [0.05, 0.1) is 12.2 Å². The van der Waals surface area contributed by atoms with Gasteiger partial charge < -0.3 is 10.0 Å². The maximum atomic E-state index is 12.7. The third-order valence-corrected chi connectivity index (χ3v) is 8.18. The highest BCUT2D eigenvalue weighted by Gasteiger charge is 2.49. The molecule has 1 saturated heterocycles. The summed E-state index contributed by atoms with van der Waals surface area (Å²) in [5, 5.41) is 20.3. The Hall–Kier alpha value is -2.71. The Morgan fingerprint density at radius 2 is 1.86 bits per heavy atom. The predicted octanol–water partition coefficient (Wildman–Crippen LogP) is 6.96. The van der Waals surface area contributed by atoms with Crippen LogP contribution in [0, 0.1) is 10.8 Å². The fourth-order valence-corrected chi connectivity index (χ4v) is 6.88. The van der Waals surface area contributed by atoms with Gasteiger partial charge in [0.1, 0.15) is 0 Å². The van der Waals surface area contributed by atoms with Crippen LogP contribution in [-0.2, 0) is 6.67 Å². The second-order valence-corrected chi connectivity index (χ2v) is 12.7. The first kappa shape index (κ1) is 25.0. The molecular weight excluding hydrogens is 518 g/mol. The number of hydrogen-bond acceptors (Lipinski definition) is 5. The average Bonchev–Trinajstić information content (AvgIpc) is 3.19. The number of aromatic hydroxyl groups is 1. The topological polar surface area (TPSA) is 73.4 Å². The Balaban J connectivity index is 1.46. The van der Waals surface area contributed by atoms with Crippen LogP contribution in [0.25, 0.3) is 10.9 Å². The zero-order valence-electron chi connectivity index (χ0n) is 21.6. The van der Waals surface area contributed by atoms with Gasteiger partial charge in [-0.3, -0.25) is 14.3 Å². The summed E-state index contributed by atoms with van der Waals surface area (Å²) in [7, 11) is 3.90. The van der Waals surface area contributed by atoms with Crippen molar-refractivity contribution < 1.29 is 9.90 Å². The average molecular weight is 553 g/mol. The van der Waals surface area contributed by atoms with Crippen molar-refractivity contribution in [3.8, 4) is 5.88 Å². The molecule has 1 aliphatic carbocycles. The van der Waals surface area contributed by atoms with Crippen LogP contribution in [0.5, 0.6) is 5.88 Å². The fourth-order valence-electron chi connectivity index (χ4n) is 6.52. The van der Waals surface area contributed by atoms with Gasteiger partial charge in [-0.25, -0.2) is 0 Å². The number of benzene rings is 2. The molecule has 1 N–H and O–H groups in total. The van der Waals surface area contributed by atoms with Crippen molar-refractivity contribution in [2.24, 2.45) is 21.1 Å². The molecule has 2 unspecified atom stereocenters. The van der Waals surface area contributed by atoms with Crippen molar-refractivity contribution in [1.82, 2.24) is 9.47 Å². The molecule has 1 aliphatic heterocycles. The first-order valence-electron chi connectivity index (χ1n) is 12.4. The number of azo groups is 1. The molecule has 2 heterocycles. The number of fused-ring (bicyclic) bond motifs is 3. The lowest BCUT2D eigenvalue weighted by molar-refractivity contribution is 0.0995. The first-order chi connectivity index (χ1) is 16.9. The maximum absolute atomic E-state index is 12.7. The zero-order valence-corrected chi connectivity index (χ0v) is 23.2. The number of carbonyl (C=O) groups excluding carboxylic acids is 1. The highest BCUT2D eigenvalue weighted by atomic mass is 79.9. The van der Waals surface area contributed by atoms with Crippen LogP contribution in [-0.4, -0.2) is 47.2 Å². The smallest absolute Gasteiger partial charge is 0.295 e. The third-order valence-electron chi connectivity index (χ3n) is 7.69. The molecule has 2 atom stereocenters. The summed E-state index contributed by atoms with van der Waals surface area (Å²) >= 11 is 3.54.